The van der Waals surface area contributed by atoms with Crippen LogP contribution in [0.3, 0.4) is 0 Å². The minimum Gasteiger partial charge on any atom is -0.507 e. The van der Waals surface area contributed by atoms with E-state index in [0.717, 1.165) is 0 Å². The lowest BCUT2D eigenvalue weighted by Gasteiger charge is -2.02. The predicted molar refractivity (Wildman–Crippen MR) is 84.6 cm³/mol. The van der Waals surface area contributed by atoms with Crippen LogP contribution < -0.4 is 10.6 Å². The van der Waals surface area contributed by atoms with Gasteiger partial charge in [-0.1, -0.05) is 0 Å². The molecule has 1 saturated heterocycles. The second-order valence-corrected chi connectivity index (χ2v) is 5.11. The van der Waals surface area contributed by atoms with Gasteiger partial charge in [0.15, 0.2) is 5.11 Å². The first-order valence-electron chi connectivity index (χ1n) is 6.44. The number of thiocarbonyl (C=S) groups is 1. The van der Waals surface area contributed by atoms with Crippen LogP contribution in [0.25, 0.3) is 17.4 Å². The molecule has 116 valence electrons. The van der Waals surface area contributed by atoms with Crippen molar-refractivity contribution in [1.29, 1.82) is 0 Å². The van der Waals surface area contributed by atoms with Gasteiger partial charge in [-0.15, -0.1) is 0 Å². The molecule has 7 nitrogen and oxygen atoms in total. The molecule has 1 fully saturated rings. The third-order valence-electron chi connectivity index (χ3n) is 3.14. The Kier molecular flexibility index (Phi) is 3.59. The van der Waals surface area contributed by atoms with E-state index in [9.17, 15) is 14.7 Å². The first-order valence-corrected chi connectivity index (χ1v) is 6.85. The van der Waals surface area contributed by atoms with Gasteiger partial charge in [-0.3, -0.25) is 10.1 Å². The molecule has 0 spiro atoms. The van der Waals surface area contributed by atoms with Crippen molar-refractivity contribution < 1.29 is 24.2 Å². The Balaban J connectivity index is 1.92. The fourth-order valence-corrected chi connectivity index (χ4v) is 2.27. The number of hydrogen-bond donors (Lipinski definition) is 4. The Morgan fingerprint density at radius 1 is 1.22 bits per heavy atom. The van der Waals surface area contributed by atoms with Crippen molar-refractivity contribution in [2.45, 2.75) is 0 Å². The van der Waals surface area contributed by atoms with E-state index in [2.05, 4.69) is 10.6 Å². The van der Waals surface area contributed by atoms with Gasteiger partial charge in [0.2, 0.25) is 0 Å². The average Bonchev–Trinajstić information content (AvgIpc) is 3.06. The van der Waals surface area contributed by atoms with Crippen LogP contribution in [0.15, 0.2) is 40.4 Å². The number of nitrogens with one attached hydrogen (secondary N) is 2. The lowest BCUT2D eigenvalue weighted by Crippen LogP contribution is -2.21. The summed E-state index contributed by atoms with van der Waals surface area (Å²) < 4.78 is 5.58. The normalized spacial score (nSPS) is 15.6. The highest BCUT2D eigenvalue weighted by atomic mass is 32.1. The van der Waals surface area contributed by atoms with E-state index in [1.54, 1.807) is 12.1 Å². The average molecular weight is 330 g/mol. The Morgan fingerprint density at radius 2 is 2.00 bits per heavy atom. The molecule has 1 aromatic heterocycles. The van der Waals surface area contributed by atoms with E-state index < -0.39 is 5.97 Å². The summed E-state index contributed by atoms with van der Waals surface area (Å²) in [6, 6.07) is 7.39. The summed E-state index contributed by atoms with van der Waals surface area (Å²) in [6.07, 6.45) is 1.48. The highest BCUT2D eigenvalue weighted by Gasteiger charge is 2.20. The fourth-order valence-electron chi connectivity index (χ4n) is 2.07. The van der Waals surface area contributed by atoms with Gasteiger partial charge in [0, 0.05) is 11.6 Å². The summed E-state index contributed by atoms with van der Waals surface area (Å²) in [7, 11) is 0. The van der Waals surface area contributed by atoms with Gasteiger partial charge in [0.05, 0.1) is 0 Å². The standard InChI is InChI=1S/C15H10N2O5S/c18-11-3-1-7(5-9(11)14(20)21)12-4-2-8(22-12)6-10-13(19)17-15(23)16-10/h1-6,18H,(H,20,21)(H2,16,17,19,23)/b10-6-. The molecule has 8 heteroatoms. The van der Waals surface area contributed by atoms with E-state index >= 15 is 0 Å². The Morgan fingerprint density at radius 3 is 2.65 bits per heavy atom. The van der Waals surface area contributed by atoms with E-state index in [-0.39, 0.29) is 28.0 Å². The molecule has 1 aromatic carbocycles. The van der Waals surface area contributed by atoms with Gasteiger partial charge in [-0.05, 0) is 42.5 Å². The highest BCUT2D eigenvalue weighted by Crippen LogP contribution is 2.28. The number of benzene rings is 1. The van der Waals surface area contributed by atoms with Gasteiger partial charge in [-0.25, -0.2) is 4.79 Å². The maximum atomic E-state index is 11.6. The predicted octanol–water partition coefficient (Wildman–Crippen LogP) is 1.70. The SMILES string of the molecule is O=C1NC(=S)N/C1=C\c1ccc(-c2ccc(O)c(C(=O)O)c2)o1. The molecule has 1 amide bonds. The van der Waals surface area contributed by atoms with Crippen LogP contribution in [-0.4, -0.2) is 27.2 Å². The van der Waals surface area contributed by atoms with E-state index in [1.807, 2.05) is 0 Å². The van der Waals surface area contributed by atoms with Crippen LogP contribution in [0.4, 0.5) is 0 Å². The lowest BCUT2D eigenvalue weighted by atomic mass is 10.1. The van der Waals surface area contributed by atoms with Gasteiger partial charge in [0.25, 0.3) is 5.91 Å². The molecule has 4 N–H and O–H groups in total. The smallest absolute Gasteiger partial charge is 0.339 e. The quantitative estimate of drug-likeness (QED) is 0.500. The molecule has 0 unspecified atom stereocenters. The van der Waals surface area contributed by atoms with Crippen LogP contribution >= 0.6 is 12.2 Å². The van der Waals surface area contributed by atoms with Crippen molar-refractivity contribution in [3.05, 3.63) is 47.4 Å². The lowest BCUT2D eigenvalue weighted by molar-refractivity contribution is -0.115. The van der Waals surface area contributed by atoms with E-state index in [0.29, 0.717) is 17.1 Å². The molecule has 0 aliphatic carbocycles. The molecule has 2 heterocycles. The zero-order valence-electron chi connectivity index (χ0n) is 11.5. The van der Waals surface area contributed by atoms with Crippen molar-refractivity contribution in [3.63, 3.8) is 0 Å². The van der Waals surface area contributed by atoms with Crippen LogP contribution in [0.2, 0.25) is 0 Å². The number of phenols is 1. The number of carboxylic acids is 1. The second-order valence-electron chi connectivity index (χ2n) is 4.71. The summed E-state index contributed by atoms with van der Waals surface area (Å²) in [5, 5.41) is 23.9. The number of hydrogen-bond acceptors (Lipinski definition) is 5. The maximum absolute atomic E-state index is 11.6. The number of aromatic carboxylic acids is 1. The summed E-state index contributed by atoms with van der Waals surface area (Å²) >= 11 is 4.83. The zero-order valence-corrected chi connectivity index (χ0v) is 12.3. The number of carbonyl (C=O) groups excluding carboxylic acids is 1. The molecule has 2 aromatic rings. The van der Waals surface area contributed by atoms with Crippen molar-refractivity contribution in [2.75, 3.05) is 0 Å². The zero-order chi connectivity index (χ0) is 16.6. The molecule has 0 atom stereocenters. The number of furan rings is 1. The van der Waals surface area contributed by atoms with Gasteiger partial charge < -0.3 is 19.9 Å². The number of rotatable bonds is 3. The Labute approximate surface area is 135 Å². The highest BCUT2D eigenvalue weighted by molar-refractivity contribution is 7.80. The van der Waals surface area contributed by atoms with Gasteiger partial charge in [-0.2, -0.15) is 0 Å². The summed E-state index contributed by atoms with van der Waals surface area (Å²) in [5.74, 6) is -1.12. The van der Waals surface area contributed by atoms with Crippen molar-refractivity contribution >= 4 is 35.3 Å². The molecular weight excluding hydrogens is 320 g/mol. The van der Waals surface area contributed by atoms with Crippen LogP contribution in [-0.2, 0) is 4.79 Å². The first-order chi connectivity index (χ1) is 10.9. The second kappa shape index (κ2) is 5.58. The minimum atomic E-state index is -1.24. The number of carboxylic acid groups (broad SMARTS) is 1. The molecular formula is C15H10N2O5S. The molecule has 3 rings (SSSR count). The third kappa shape index (κ3) is 2.92. The van der Waals surface area contributed by atoms with E-state index in [1.165, 1.54) is 24.3 Å². The van der Waals surface area contributed by atoms with Gasteiger partial charge in [0.1, 0.15) is 28.5 Å². The van der Waals surface area contributed by atoms with Crippen molar-refractivity contribution in [1.82, 2.24) is 10.6 Å². The summed E-state index contributed by atoms with van der Waals surface area (Å²) in [6.45, 7) is 0. The molecule has 23 heavy (non-hydrogen) atoms. The Bertz CT molecular complexity index is 869. The number of amides is 1. The molecule has 1 aliphatic rings. The molecule has 0 radical (unpaired) electrons. The Hall–Kier alpha value is -3.13. The fraction of sp³-hybridized carbons (Fsp3) is 0. The molecule has 0 bridgehead atoms. The van der Waals surface area contributed by atoms with Gasteiger partial charge >= 0.3 is 5.97 Å². The molecule has 0 saturated carbocycles. The largest absolute Gasteiger partial charge is 0.507 e. The summed E-state index contributed by atoms with van der Waals surface area (Å²) in [5.41, 5.74) is 0.526. The first kappa shape index (κ1) is 14.8. The maximum Gasteiger partial charge on any atom is 0.339 e. The van der Waals surface area contributed by atoms with E-state index in [4.69, 9.17) is 21.7 Å². The topological polar surface area (TPSA) is 112 Å². The van der Waals surface area contributed by atoms with Crippen molar-refractivity contribution in [2.24, 2.45) is 0 Å². The number of carbonyl (C=O) groups is 2. The van der Waals surface area contributed by atoms with Crippen LogP contribution in [0.1, 0.15) is 16.1 Å². The van der Waals surface area contributed by atoms with Crippen LogP contribution in [0.5, 0.6) is 5.75 Å². The van der Waals surface area contributed by atoms with Crippen molar-refractivity contribution in [3.8, 4) is 17.1 Å². The minimum absolute atomic E-state index is 0.220. The monoisotopic (exact) mass is 330 g/mol. The number of aromatic hydroxyl groups is 1. The molecule has 1 aliphatic heterocycles. The summed E-state index contributed by atoms with van der Waals surface area (Å²) in [4.78, 5) is 22.6. The third-order valence-corrected chi connectivity index (χ3v) is 3.35. The van der Waals surface area contributed by atoms with Crippen LogP contribution in [0, 0.1) is 0 Å².